The van der Waals surface area contributed by atoms with E-state index in [0.717, 1.165) is 0 Å². The van der Waals surface area contributed by atoms with Crippen LogP contribution in [0.1, 0.15) is 20.3 Å². The largest absolute Gasteiger partial charge is 0.497 e. The smallest absolute Gasteiger partial charge is 0.344 e. The van der Waals surface area contributed by atoms with Crippen LogP contribution in [0.5, 0.6) is 5.75 Å². The first kappa shape index (κ1) is 23.0. The Labute approximate surface area is 181 Å². The van der Waals surface area contributed by atoms with Crippen LogP contribution in [-0.2, 0) is 19.6 Å². The van der Waals surface area contributed by atoms with Crippen molar-refractivity contribution in [1.29, 1.82) is 0 Å². The minimum atomic E-state index is -3.64. The van der Waals surface area contributed by atoms with Gasteiger partial charge in [0, 0.05) is 26.2 Å². The van der Waals surface area contributed by atoms with Gasteiger partial charge in [0.25, 0.3) is 11.8 Å². The van der Waals surface area contributed by atoms with Gasteiger partial charge in [-0.15, -0.1) is 0 Å². The third-order valence-corrected chi connectivity index (χ3v) is 7.51. The van der Waals surface area contributed by atoms with E-state index in [0.29, 0.717) is 30.3 Å². The van der Waals surface area contributed by atoms with Crippen molar-refractivity contribution in [3.05, 3.63) is 24.3 Å². The zero-order chi connectivity index (χ0) is 22.8. The van der Waals surface area contributed by atoms with Crippen LogP contribution in [0.15, 0.2) is 29.2 Å². The number of carbonyl (C=O) groups excluding carboxylic acids is 3. The number of hydrogen-bond donors (Lipinski definition) is 2. The minimum absolute atomic E-state index is 0.0592. The molecule has 4 amide bonds. The summed E-state index contributed by atoms with van der Waals surface area (Å²) in [5, 5.41) is 3.27. The van der Waals surface area contributed by atoms with Crippen molar-refractivity contribution in [1.82, 2.24) is 25.0 Å². The van der Waals surface area contributed by atoms with E-state index in [9.17, 15) is 22.8 Å². The molecule has 12 heteroatoms. The average molecular weight is 454 g/mol. The molecule has 0 radical (unpaired) electrons. The first-order chi connectivity index (χ1) is 14.6. The fourth-order valence-corrected chi connectivity index (χ4v) is 4.84. The van der Waals surface area contributed by atoms with Crippen molar-refractivity contribution < 1.29 is 27.5 Å². The Bertz CT molecular complexity index is 959. The molecule has 170 valence electrons. The Balaban J connectivity index is 1.53. The lowest BCUT2D eigenvalue weighted by Crippen LogP contribution is -2.54. The molecular formula is C19H27N5O6S. The van der Waals surface area contributed by atoms with Crippen LogP contribution in [-0.4, -0.2) is 85.8 Å². The highest BCUT2D eigenvalue weighted by atomic mass is 32.2. The lowest BCUT2D eigenvalue weighted by Gasteiger charge is -2.33. The van der Waals surface area contributed by atoms with Gasteiger partial charge in [-0.25, -0.2) is 13.2 Å². The van der Waals surface area contributed by atoms with Crippen molar-refractivity contribution in [3.8, 4) is 5.75 Å². The summed E-state index contributed by atoms with van der Waals surface area (Å²) in [6.07, 6.45) is 0.397. The predicted octanol–water partition coefficient (Wildman–Crippen LogP) is -0.247. The van der Waals surface area contributed by atoms with Crippen molar-refractivity contribution in [2.24, 2.45) is 0 Å². The fraction of sp³-hybridized carbons (Fsp3) is 0.526. The molecule has 0 spiro atoms. The highest BCUT2D eigenvalue weighted by molar-refractivity contribution is 7.89. The molecule has 2 saturated heterocycles. The molecule has 2 N–H and O–H groups in total. The van der Waals surface area contributed by atoms with Gasteiger partial charge in [0.15, 0.2) is 0 Å². The number of piperazine rings is 1. The molecule has 0 saturated carbocycles. The third-order valence-electron chi connectivity index (χ3n) is 5.60. The number of sulfonamides is 1. The summed E-state index contributed by atoms with van der Waals surface area (Å²) in [6, 6.07) is 5.50. The monoisotopic (exact) mass is 453 g/mol. The van der Waals surface area contributed by atoms with Crippen LogP contribution in [0, 0.1) is 0 Å². The summed E-state index contributed by atoms with van der Waals surface area (Å²) in [7, 11) is -2.14. The normalized spacial score (nSPS) is 23.0. The van der Waals surface area contributed by atoms with Gasteiger partial charge in [0.2, 0.25) is 10.0 Å². The summed E-state index contributed by atoms with van der Waals surface area (Å²) in [6.45, 7) is 4.43. The van der Waals surface area contributed by atoms with Gasteiger partial charge in [-0.2, -0.15) is 9.31 Å². The van der Waals surface area contributed by atoms with Crippen LogP contribution < -0.4 is 15.5 Å². The minimum Gasteiger partial charge on any atom is -0.497 e. The number of amides is 4. The Hall–Kier alpha value is -2.70. The van der Waals surface area contributed by atoms with Crippen molar-refractivity contribution in [3.63, 3.8) is 0 Å². The third kappa shape index (κ3) is 4.65. The lowest BCUT2D eigenvalue weighted by molar-refractivity contribution is -0.139. The molecule has 1 aromatic rings. The van der Waals surface area contributed by atoms with Gasteiger partial charge in [0.05, 0.1) is 18.6 Å². The SMILES string of the molecule is CCC1(C)NC(=O)N(NC(=O)CN2CCN(S(=O)(=O)c3ccc(OC)cc3)CC2)C1=O. The molecule has 0 aromatic heterocycles. The number of nitrogens with zero attached hydrogens (tertiary/aromatic N) is 3. The molecular weight excluding hydrogens is 426 g/mol. The maximum absolute atomic E-state index is 12.8. The summed E-state index contributed by atoms with van der Waals surface area (Å²) < 4.78 is 32.0. The second-order valence-electron chi connectivity index (χ2n) is 7.65. The predicted molar refractivity (Wildman–Crippen MR) is 110 cm³/mol. The standard InChI is InChI=1S/C19H27N5O6S/c1-4-19(2)17(26)24(18(27)20-19)21-16(25)13-22-9-11-23(12-10-22)31(28,29)15-7-5-14(30-3)6-8-15/h5-8H,4,9-13H2,1-3H3,(H,20,27)(H,21,25). The number of carbonyl (C=O) groups is 3. The summed E-state index contributed by atoms with van der Waals surface area (Å²) >= 11 is 0. The maximum atomic E-state index is 12.8. The maximum Gasteiger partial charge on any atom is 0.344 e. The van der Waals surface area contributed by atoms with Gasteiger partial charge in [-0.05, 0) is 37.6 Å². The number of methoxy groups -OCH3 is 1. The van der Waals surface area contributed by atoms with Crippen LogP contribution in [0.3, 0.4) is 0 Å². The molecule has 2 aliphatic rings. The van der Waals surface area contributed by atoms with Gasteiger partial charge < -0.3 is 10.1 Å². The summed E-state index contributed by atoms with van der Waals surface area (Å²) in [5.74, 6) is -0.460. The second-order valence-corrected chi connectivity index (χ2v) is 9.59. The van der Waals surface area contributed by atoms with Crippen molar-refractivity contribution in [2.75, 3.05) is 39.8 Å². The molecule has 2 aliphatic heterocycles. The Morgan fingerprint density at radius 3 is 2.29 bits per heavy atom. The van der Waals surface area contributed by atoms with E-state index in [-0.39, 0.29) is 24.5 Å². The van der Waals surface area contributed by atoms with E-state index in [1.807, 2.05) is 0 Å². The number of imide groups is 1. The second kappa shape index (κ2) is 8.81. The highest BCUT2D eigenvalue weighted by Crippen LogP contribution is 2.21. The number of hydrogen-bond acceptors (Lipinski definition) is 7. The number of rotatable bonds is 7. The van der Waals surface area contributed by atoms with Crippen molar-refractivity contribution >= 4 is 27.9 Å². The molecule has 11 nitrogen and oxygen atoms in total. The molecule has 2 heterocycles. The zero-order valence-electron chi connectivity index (χ0n) is 17.8. The van der Waals surface area contributed by atoms with Crippen LogP contribution in [0.25, 0.3) is 0 Å². The molecule has 1 unspecified atom stereocenters. The van der Waals surface area contributed by atoms with E-state index in [2.05, 4.69) is 10.7 Å². The van der Waals surface area contributed by atoms with Crippen LogP contribution in [0.4, 0.5) is 4.79 Å². The van der Waals surface area contributed by atoms with Gasteiger partial charge in [0.1, 0.15) is 11.3 Å². The molecule has 0 bridgehead atoms. The Morgan fingerprint density at radius 2 is 1.77 bits per heavy atom. The Morgan fingerprint density at radius 1 is 1.16 bits per heavy atom. The van der Waals surface area contributed by atoms with Gasteiger partial charge >= 0.3 is 6.03 Å². The number of nitrogens with one attached hydrogen (secondary N) is 2. The Kier molecular flexibility index (Phi) is 6.53. The summed E-state index contributed by atoms with van der Waals surface area (Å²) in [5.41, 5.74) is 1.30. The first-order valence-corrected chi connectivity index (χ1v) is 11.4. The van der Waals surface area contributed by atoms with Gasteiger partial charge in [-0.3, -0.25) is 19.9 Å². The number of benzene rings is 1. The zero-order valence-corrected chi connectivity index (χ0v) is 18.6. The fourth-order valence-electron chi connectivity index (χ4n) is 3.41. The molecule has 1 atom stereocenters. The number of hydrazine groups is 1. The van der Waals surface area contributed by atoms with E-state index in [4.69, 9.17) is 4.74 Å². The topological polar surface area (TPSA) is 128 Å². The van der Waals surface area contributed by atoms with E-state index in [1.54, 1.807) is 30.9 Å². The average Bonchev–Trinajstić information content (AvgIpc) is 2.97. The highest BCUT2D eigenvalue weighted by Gasteiger charge is 2.47. The number of ether oxygens (including phenoxy) is 1. The van der Waals surface area contributed by atoms with Crippen LogP contribution >= 0.6 is 0 Å². The van der Waals surface area contributed by atoms with E-state index < -0.39 is 33.4 Å². The first-order valence-electron chi connectivity index (χ1n) is 9.93. The number of urea groups is 1. The molecule has 0 aliphatic carbocycles. The van der Waals surface area contributed by atoms with Crippen LogP contribution in [0.2, 0.25) is 0 Å². The lowest BCUT2D eigenvalue weighted by atomic mass is 10.00. The quantitative estimate of drug-likeness (QED) is 0.545. The molecule has 2 fully saturated rings. The molecule has 31 heavy (non-hydrogen) atoms. The summed E-state index contributed by atoms with van der Waals surface area (Å²) in [4.78, 5) is 38.7. The van der Waals surface area contributed by atoms with Gasteiger partial charge in [-0.1, -0.05) is 6.92 Å². The van der Waals surface area contributed by atoms with E-state index >= 15 is 0 Å². The van der Waals surface area contributed by atoms with Crippen molar-refractivity contribution in [2.45, 2.75) is 30.7 Å². The molecule has 1 aromatic carbocycles. The van der Waals surface area contributed by atoms with E-state index in [1.165, 1.54) is 23.5 Å². The molecule has 3 rings (SSSR count).